The molecule has 1 aromatic rings. The van der Waals surface area contributed by atoms with E-state index in [1.165, 1.54) is 50.9 Å². The number of unbranched alkanes of at least 4 members (excludes halogenated alkanes) is 1. The molecule has 0 amide bonds. The Morgan fingerprint density at radius 3 is 2.52 bits per heavy atom. The highest BCUT2D eigenvalue weighted by molar-refractivity contribution is 14.0. The Kier molecular flexibility index (Phi) is 9.98. The van der Waals surface area contributed by atoms with Gasteiger partial charge in [-0.15, -0.1) is 24.0 Å². The Morgan fingerprint density at radius 2 is 1.74 bits per heavy atom. The van der Waals surface area contributed by atoms with Crippen molar-refractivity contribution in [1.29, 1.82) is 0 Å². The van der Waals surface area contributed by atoms with Crippen LogP contribution >= 0.6 is 24.0 Å². The maximum Gasteiger partial charge on any atom is 0.231 e. The van der Waals surface area contributed by atoms with E-state index >= 15 is 0 Å². The number of rotatable bonds is 8. The molecule has 3 aliphatic rings. The van der Waals surface area contributed by atoms with Crippen LogP contribution in [-0.4, -0.2) is 86.4 Å². The van der Waals surface area contributed by atoms with Gasteiger partial charge >= 0.3 is 0 Å². The van der Waals surface area contributed by atoms with E-state index < -0.39 is 0 Å². The van der Waals surface area contributed by atoms with Crippen LogP contribution in [0.4, 0.5) is 0 Å². The average Bonchev–Trinajstić information content (AvgIpc) is 3.45. The lowest BCUT2D eigenvalue weighted by molar-refractivity contribution is 0.171. The number of hydrogen-bond acceptors (Lipinski definition) is 5. The Morgan fingerprint density at radius 1 is 0.968 bits per heavy atom. The molecule has 0 spiro atoms. The van der Waals surface area contributed by atoms with E-state index in [9.17, 15) is 0 Å². The quantitative estimate of drug-likeness (QED) is 0.236. The molecule has 2 saturated heterocycles. The summed E-state index contributed by atoms with van der Waals surface area (Å²) < 4.78 is 10.9. The molecule has 7 nitrogen and oxygen atoms in total. The minimum atomic E-state index is 0. The van der Waals surface area contributed by atoms with E-state index in [0.29, 0.717) is 6.79 Å². The fourth-order valence-electron chi connectivity index (χ4n) is 4.48. The second kappa shape index (κ2) is 12.7. The largest absolute Gasteiger partial charge is 0.454 e. The Labute approximate surface area is 204 Å². The van der Waals surface area contributed by atoms with Crippen molar-refractivity contribution >= 4 is 29.9 Å². The SMILES string of the molecule is CCNC(=NCCCCN1CCCC1)N1CCN(Cc2ccc3c(c2)OCO3)CC1.I. The zero-order valence-corrected chi connectivity index (χ0v) is 21.2. The van der Waals surface area contributed by atoms with E-state index in [4.69, 9.17) is 14.5 Å². The molecule has 0 aliphatic carbocycles. The number of halogens is 1. The molecule has 8 heteroatoms. The third-order valence-electron chi connectivity index (χ3n) is 6.19. The molecule has 4 rings (SSSR count). The van der Waals surface area contributed by atoms with Gasteiger partial charge in [0.15, 0.2) is 17.5 Å². The first kappa shape index (κ1) is 24.4. The van der Waals surface area contributed by atoms with Gasteiger partial charge in [0.2, 0.25) is 6.79 Å². The molecule has 174 valence electrons. The monoisotopic (exact) mass is 543 g/mol. The number of ether oxygens (including phenoxy) is 2. The number of aliphatic imine (C=N–C) groups is 1. The van der Waals surface area contributed by atoms with Crippen molar-refractivity contribution in [1.82, 2.24) is 20.0 Å². The van der Waals surface area contributed by atoms with Crippen LogP contribution in [0.25, 0.3) is 0 Å². The number of piperazine rings is 1. The standard InChI is InChI=1S/C23H37N5O2.HI/c1-2-24-23(25-9-3-4-10-26-11-5-6-12-26)28-15-13-27(14-16-28)18-20-7-8-21-22(17-20)30-19-29-21;/h7-8,17H,2-6,9-16,18-19H2,1H3,(H,24,25);1H. The molecule has 0 atom stereocenters. The molecule has 0 aromatic heterocycles. The van der Waals surface area contributed by atoms with Crippen molar-refractivity contribution in [3.05, 3.63) is 23.8 Å². The number of nitrogens with zero attached hydrogens (tertiary/aromatic N) is 4. The summed E-state index contributed by atoms with van der Waals surface area (Å²) in [7, 11) is 0. The zero-order chi connectivity index (χ0) is 20.6. The number of fused-ring (bicyclic) bond motifs is 1. The van der Waals surface area contributed by atoms with Crippen LogP contribution in [0.5, 0.6) is 11.5 Å². The van der Waals surface area contributed by atoms with E-state index in [0.717, 1.165) is 63.3 Å². The van der Waals surface area contributed by atoms with E-state index in [-0.39, 0.29) is 24.0 Å². The van der Waals surface area contributed by atoms with Crippen molar-refractivity contribution in [3.63, 3.8) is 0 Å². The molecule has 0 bridgehead atoms. The molecule has 0 radical (unpaired) electrons. The first-order chi connectivity index (χ1) is 14.8. The van der Waals surface area contributed by atoms with Crippen molar-refractivity contribution in [2.24, 2.45) is 4.99 Å². The second-order valence-corrected chi connectivity index (χ2v) is 8.44. The molecular formula is C23H38IN5O2. The van der Waals surface area contributed by atoms with Crippen LogP contribution in [0, 0.1) is 0 Å². The Bertz CT molecular complexity index is 703. The summed E-state index contributed by atoms with van der Waals surface area (Å²) in [6, 6.07) is 6.28. The van der Waals surface area contributed by atoms with Gasteiger partial charge in [-0.2, -0.15) is 0 Å². The second-order valence-electron chi connectivity index (χ2n) is 8.44. The Balaban J connectivity index is 0.00000272. The lowest BCUT2D eigenvalue weighted by Gasteiger charge is -2.36. The third kappa shape index (κ3) is 7.12. The van der Waals surface area contributed by atoms with Crippen LogP contribution in [0.3, 0.4) is 0 Å². The number of guanidine groups is 1. The lowest BCUT2D eigenvalue weighted by atomic mass is 10.1. The molecular weight excluding hydrogens is 505 g/mol. The van der Waals surface area contributed by atoms with Gasteiger partial charge in [-0.05, 0) is 69.9 Å². The highest BCUT2D eigenvalue weighted by Crippen LogP contribution is 2.32. The first-order valence-electron chi connectivity index (χ1n) is 11.7. The molecule has 0 unspecified atom stereocenters. The molecule has 1 aromatic carbocycles. The van der Waals surface area contributed by atoms with E-state index in [1.807, 2.05) is 6.07 Å². The predicted octanol–water partition coefficient (Wildman–Crippen LogP) is 2.99. The fraction of sp³-hybridized carbons (Fsp3) is 0.696. The van der Waals surface area contributed by atoms with Gasteiger partial charge in [0.05, 0.1) is 0 Å². The van der Waals surface area contributed by atoms with E-state index in [2.05, 4.69) is 39.1 Å². The van der Waals surface area contributed by atoms with Crippen LogP contribution in [0.15, 0.2) is 23.2 Å². The van der Waals surface area contributed by atoms with Gasteiger partial charge < -0.3 is 24.6 Å². The van der Waals surface area contributed by atoms with Gasteiger partial charge in [-0.25, -0.2) is 0 Å². The van der Waals surface area contributed by atoms with Crippen LogP contribution in [-0.2, 0) is 6.54 Å². The van der Waals surface area contributed by atoms with Gasteiger partial charge in [0.1, 0.15) is 0 Å². The highest BCUT2D eigenvalue weighted by atomic mass is 127. The van der Waals surface area contributed by atoms with Gasteiger partial charge in [-0.3, -0.25) is 9.89 Å². The molecule has 3 heterocycles. The summed E-state index contributed by atoms with van der Waals surface area (Å²) >= 11 is 0. The molecule has 1 N–H and O–H groups in total. The van der Waals surface area contributed by atoms with E-state index in [1.54, 1.807) is 0 Å². The number of likely N-dealkylation sites (tertiary alicyclic amines) is 1. The van der Waals surface area contributed by atoms with Crippen molar-refractivity contribution in [3.8, 4) is 11.5 Å². The van der Waals surface area contributed by atoms with Crippen molar-refractivity contribution in [2.75, 3.05) is 65.7 Å². The van der Waals surface area contributed by atoms with Gasteiger partial charge in [0, 0.05) is 45.8 Å². The predicted molar refractivity (Wildman–Crippen MR) is 136 cm³/mol. The molecule has 2 fully saturated rings. The average molecular weight is 543 g/mol. The van der Waals surface area contributed by atoms with Gasteiger partial charge in [0.25, 0.3) is 0 Å². The minimum Gasteiger partial charge on any atom is -0.454 e. The topological polar surface area (TPSA) is 52.6 Å². The Hall–Kier alpha value is -1.26. The van der Waals surface area contributed by atoms with Crippen LogP contribution < -0.4 is 14.8 Å². The number of benzene rings is 1. The smallest absolute Gasteiger partial charge is 0.231 e. The fourth-order valence-corrected chi connectivity index (χ4v) is 4.48. The summed E-state index contributed by atoms with van der Waals surface area (Å²) in [6.45, 7) is 13.2. The molecule has 3 aliphatic heterocycles. The summed E-state index contributed by atoms with van der Waals surface area (Å²) in [4.78, 5) is 12.4. The maximum absolute atomic E-state index is 5.51. The summed E-state index contributed by atoms with van der Waals surface area (Å²) in [5.41, 5.74) is 1.28. The lowest BCUT2D eigenvalue weighted by Crippen LogP contribution is -2.52. The molecule has 31 heavy (non-hydrogen) atoms. The van der Waals surface area contributed by atoms with Gasteiger partial charge in [-0.1, -0.05) is 6.07 Å². The first-order valence-corrected chi connectivity index (χ1v) is 11.7. The minimum absolute atomic E-state index is 0. The number of nitrogens with one attached hydrogen (secondary N) is 1. The maximum atomic E-state index is 5.51. The van der Waals surface area contributed by atoms with Crippen molar-refractivity contribution in [2.45, 2.75) is 39.2 Å². The van der Waals surface area contributed by atoms with Crippen molar-refractivity contribution < 1.29 is 9.47 Å². The number of hydrogen-bond donors (Lipinski definition) is 1. The van der Waals surface area contributed by atoms with Crippen LogP contribution in [0.1, 0.15) is 38.2 Å². The summed E-state index contributed by atoms with van der Waals surface area (Å²) in [5, 5.41) is 3.49. The van der Waals surface area contributed by atoms with Crippen LogP contribution in [0.2, 0.25) is 0 Å². The normalized spacial score (nSPS) is 19.5. The summed E-state index contributed by atoms with van der Waals surface area (Å²) in [6.07, 6.45) is 5.19. The highest BCUT2D eigenvalue weighted by Gasteiger charge is 2.21. The zero-order valence-electron chi connectivity index (χ0n) is 18.9. The molecule has 0 saturated carbocycles. The third-order valence-corrected chi connectivity index (χ3v) is 6.19. The summed E-state index contributed by atoms with van der Waals surface area (Å²) in [5.74, 6) is 2.81.